The number of anilines is 1. The molecule has 0 saturated carbocycles. The highest BCUT2D eigenvalue weighted by Gasteiger charge is 2.37. The van der Waals surface area contributed by atoms with Gasteiger partial charge in [0.25, 0.3) is 5.82 Å². The molecule has 0 amide bonds. The van der Waals surface area contributed by atoms with Gasteiger partial charge < -0.3 is 4.74 Å². The van der Waals surface area contributed by atoms with Crippen molar-refractivity contribution >= 4 is 15.8 Å². The second-order valence-corrected chi connectivity index (χ2v) is 8.38. The molecule has 1 aliphatic rings. The molecule has 3 aromatic rings. The third-order valence-electron chi connectivity index (χ3n) is 4.46. The number of nitrogens with zero attached hydrogens (tertiary/aromatic N) is 1. The molecular weight excluding hydrogens is 405 g/mol. The number of hydrogen-bond donors (Lipinski definition) is 1. The number of para-hydroxylation sites is 1. The van der Waals surface area contributed by atoms with Crippen LogP contribution in [0.4, 0.5) is 19.0 Å². The number of hydrogen-bond acceptors (Lipinski definition) is 3. The zero-order chi connectivity index (χ0) is 20.6. The van der Waals surface area contributed by atoms with Crippen LogP contribution in [0, 0.1) is 0 Å². The van der Waals surface area contributed by atoms with E-state index in [1.807, 2.05) is 18.2 Å². The molecule has 150 valence electrons. The zero-order valence-corrected chi connectivity index (χ0v) is 15.8. The van der Waals surface area contributed by atoms with Crippen LogP contribution in [-0.2, 0) is 22.7 Å². The Balaban J connectivity index is 1.75. The highest BCUT2D eigenvalue weighted by atomic mass is 32.2. The van der Waals surface area contributed by atoms with Gasteiger partial charge in [-0.15, -0.1) is 0 Å². The Morgan fingerprint density at radius 1 is 0.966 bits per heavy atom. The third kappa shape index (κ3) is 4.19. The van der Waals surface area contributed by atoms with Crippen LogP contribution in [0.2, 0.25) is 0 Å². The topological polar surface area (TPSA) is 59.3 Å². The molecule has 29 heavy (non-hydrogen) atoms. The summed E-state index contributed by atoms with van der Waals surface area (Å²) in [5.41, 5.74) is -0.263. The fourth-order valence-corrected chi connectivity index (χ4v) is 4.12. The quantitative estimate of drug-likeness (QED) is 0.645. The molecule has 2 aromatic carbocycles. The molecule has 1 aromatic heterocycles. The Labute approximate surface area is 165 Å². The Bertz CT molecular complexity index is 1150. The first-order valence-corrected chi connectivity index (χ1v) is 10.3. The third-order valence-corrected chi connectivity index (χ3v) is 5.69. The van der Waals surface area contributed by atoms with Gasteiger partial charge in [0.2, 0.25) is 0 Å². The molecule has 0 saturated heterocycles. The Hall–Kier alpha value is -3.07. The summed E-state index contributed by atoms with van der Waals surface area (Å²) in [5.74, 6) is 0.963. The summed E-state index contributed by atoms with van der Waals surface area (Å²) in [6.07, 6.45) is -3.63. The number of ether oxygens (including phenoxy) is 1. The lowest BCUT2D eigenvalue weighted by molar-refractivity contribution is -0.680. The lowest BCUT2D eigenvalue weighted by atomic mass is 10.0. The van der Waals surface area contributed by atoms with Gasteiger partial charge in [0, 0.05) is 0 Å². The number of pyridine rings is 1. The van der Waals surface area contributed by atoms with E-state index in [9.17, 15) is 21.6 Å². The summed E-state index contributed by atoms with van der Waals surface area (Å²) in [7, 11) is -3.60. The van der Waals surface area contributed by atoms with Gasteiger partial charge in [-0.05, 0) is 35.9 Å². The van der Waals surface area contributed by atoms with E-state index in [4.69, 9.17) is 4.74 Å². The fraction of sp³-hybridized carbons (Fsp3) is 0.150. The Morgan fingerprint density at radius 2 is 1.62 bits per heavy atom. The number of sulfonamides is 1. The highest BCUT2D eigenvalue weighted by molar-refractivity contribution is 7.92. The minimum Gasteiger partial charge on any atom is -0.457 e. The fourth-order valence-electron chi connectivity index (χ4n) is 3.06. The van der Waals surface area contributed by atoms with Gasteiger partial charge in [-0.3, -0.25) is 0 Å². The first-order valence-electron chi connectivity index (χ1n) is 8.70. The molecule has 0 fully saturated rings. The van der Waals surface area contributed by atoms with Gasteiger partial charge >= 0.3 is 16.2 Å². The molecule has 1 aliphatic heterocycles. The van der Waals surface area contributed by atoms with Gasteiger partial charge in [0.05, 0.1) is 11.1 Å². The first kappa shape index (κ1) is 19.3. The molecule has 0 radical (unpaired) electrons. The second-order valence-electron chi connectivity index (χ2n) is 6.54. The van der Waals surface area contributed by atoms with Crippen molar-refractivity contribution in [1.82, 2.24) is 0 Å². The molecule has 9 heteroatoms. The Kier molecular flexibility index (Phi) is 4.70. The Morgan fingerprint density at radius 3 is 2.28 bits per heavy atom. The number of aromatic nitrogens is 1. The summed E-state index contributed by atoms with van der Waals surface area (Å²) >= 11 is 0. The monoisotopic (exact) mass is 421 g/mol. The van der Waals surface area contributed by atoms with Crippen molar-refractivity contribution in [2.75, 3.05) is 10.5 Å². The number of alkyl halides is 3. The van der Waals surface area contributed by atoms with Crippen LogP contribution in [0.3, 0.4) is 0 Å². The highest BCUT2D eigenvalue weighted by Crippen LogP contribution is 2.36. The van der Waals surface area contributed by atoms with Crippen LogP contribution < -0.4 is 14.0 Å². The molecular formula is C20H16F3N2O3S+. The number of aryl methyl sites for hydroxylation is 1. The van der Waals surface area contributed by atoms with Crippen molar-refractivity contribution < 1.29 is 30.9 Å². The van der Waals surface area contributed by atoms with Crippen molar-refractivity contribution in [3.8, 4) is 22.6 Å². The average Bonchev–Trinajstić information content (AvgIpc) is 2.67. The average molecular weight is 421 g/mol. The van der Waals surface area contributed by atoms with Gasteiger partial charge in [-0.2, -0.15) is 26.3 Å². The number of halogens is 3. The van der Waals surface area contributed by atoms with Crippen LogP contribution in [0.5, 0.6) is 11.5 Å². The first-order chi connectivity index (χ1) is 13.7. The van der Waals surface area contributed by atoms with E-state index < -0.39 is 21.8 Å². The molecule has 0 aliphatic carbocycles. The minimum absolute atomic E-state index is 0.0587. The van der Waals surface area contributed by atoms with Crippen molar-refractivity contribution in [3.63, 3.8) is 0 Å². The summed E-state index contributed by atoms with van der Waals surface area (Å²) < 4.78 is 73.3. The SMILES string of the molecule is O=S1(=O)CC[n+]2cc(C(F)(F)F)cc(-c3ccc(Oc4ccccc4)cc3)c2N1. The van der Waals surface area contributed by atoms with Gasteiger partial charge in [0.15, 0.2) is 0 Å². The summed E-state index contributed by atoms with van der Waals surface area (Å²) in [6, 6.07) is 16.4. The molecule has 2 heterocycles. The van der Waals surface area contributed by atoms with Crippen LogP contribution in [0.25, 0.3) is 11.1 Å². The van der Waals surface area contributed by atoms with E-state index in [1.165, 1.54) is 4.57 Å². The summed E-state index contributed by atoms with van der Waals surface area (Å²) in [5, 5.41) is 0. The smallest absolute Gasteiger partial charge is 0.419 e. The maximum absolute atomic E-state index is 13.3. The summed E-state index contributed by atoms with van der Waals surface area (Å²) in [4.78, 5) is 0. The maximum atomic E-state index is 13.3. The van der Waals surface area contributed by atoms with E-state index in [1.54, 1.807) is 36.4 Å². The van der Waals surface area contributed by atoms with Crippen LogP contribution in [0.1, 0.15) is 5.56 Å². The van der Waals surface area contributed by atoms with E-state index in [2.05, 4.69) is 4.72 Å². The molecule has 0 unspecified atom stereocenters. The zero-order valence-electron chi connectivity index (χ0n) is 15.0. The molecule has 1 N–H and O–H groups in total. The number of benzene rings is 2. The number of rotatable bonds is 3. The maximum Gasteiger partial charge on any atom is 0.419 e. The van der Waals surface area contributed by atoms with Gasteiger partial charge in [-0.1, -0.05) is 30.3 Å². The normalized spacial score (nSPS) is 15.3. The summed E-state index contributed by atoms with van der Waals surface area (Å²) in [6.45, 7) is -0.0587. The van der Waals surface area contributed by atoms with Gasteiger partial charge in [0.1, 0.15) is 30.0 Å². The van der Waals surface area contributed by atoms with E-state index in [-0.39, 0.29) is 23.7 Å². The largest absolute Gasteiger partial charge is 0.457 e. The standard InChI is InChI=1S/C20H15F3N2O3S/c21-20(22,23)15-12-18(19-24-29(26,27)11-10-25(19)13-15)14-6-8-17(9-7-14)28-16-4-2-1-3-5-16/h1-9,12-13H,10-11H2/p+1. The molecule has 0 atom stereocenters. The van der Waals surface area contributed by atoms with Crippen molar-refractivity contribution in [2.45, 2.75) is 12.7 Å². The second kappa shape index (κ2) is 7.07. The van der Waals surface area contributed by atoms with Crippen molar-refractivity contribution in [1.29, 1.82) is 0 Å². The number of nitrogens with one attached hydrogen (secondary N) is 1. The number of fused-ring (bicyclic) bond motifs is 1. The van der Waals surface area contributed by atoms with Crippen molar-refractivity contribution in [3.05, 3.63) is 72.4 Å². The van der Waals surface area contributed by atoms with E-state index >= 15 is 0 Å². The predicted octanol–water partition coefficient (Wildman–Crippen LogP) is 4.21. The molecule has 0 bridgehead atoms. The van der Waals surface area contributed by atoms with E-state index in [0.29, 0.717) is 17.1 Å². The predicted molar refractivity (Wildman–Crippen MR) is 101 cm³/mol. The lowest BCUT2D eigenvalue weighted by Gasteiger charge is -2.18. The van der Waals surface area contributed by atoms with Crippen LogP contribution in [0.15, 0.2) is 66.9 Å². The van der Waals surface area contributed by atoms with Crippen molar-refractivity contribution in [2.24, 2.45) is 0 Å². The van der Waals surface area contributed by atoms with E-state index in [0.717, 1.165) is 12.3 Å². The van der Waals surface area contributed by atoms with Crippen LogP contribution in [-0.4, -0.2) is 14.2 Å². The van der Waals surface area contributed by atoms with Gasteiger partial charge in [-0.25, -0.2) is 4.57 Å². The van der Waals surface area contributed by atoms with Crippen LogP contribution >= 0.6 is 0 Å². The molecule has 4 rings (SSSR count). The molecule has 0 spiro atoms. The molecule has 5 nitrogen and oxygen atoms in total. The minimum atomic E-state index is -4.55. The lowest BCUT2D eigenvalue weighted by Crippen LogP contribution is -2.47.